The highest BCUT2D eigenvalue weighted by molar-refractivity contribution is 7.20. The van der Waals surface area contributed by atoms with Gasteiger partial charge >= 0.3 is 6.09 Å². The summed E-state index contributed by atoms with van der Waals surface area (Å²) in [5, 5.41) is 3.38. The largest absolute Gasteiger partial charge is 0.496 e. The van der Waals surface area contributed by atoms with Crippen molar-refractivity contribution in [2.24, 2.45) is 0 Å². The van der Waals surface area contributed by atoms with Crippen LogP contribution in [-0.4, -0.2) is 13.2 Å². The molecule has 36 heavy (non-hydrogen) atoms. The van der Waals surface area contributed by atoms with Crippen LogP contribution < -0.4 is 10.1 Å². The summed E-state index contributed by atoms with van der Waals surface area (Å²) in [5.41, 5.74) is 5.70. The number of carbonyl (C=O) groups excluding carboxylic acids is 1. The summed E-state index contributed by atoms with van der Waals surface area (Å²) in [6.07, 6.45) is 1.46. The summed E-state index contributed by atoms with van der Waals surface area (Å²) < 4.78 is 11.9. The van der Waals surface area contributed by atoms with Gasteiger partial charge in [-0.2, -0.15) is 0 Å². The highest BCUT2D eigenvalue weighted by Crippen LogP contribution is 2.44. The third-order valence-corrected chi connectivity index (χ3v) is 7.96. The summed E-state index contributed by atoms with van der Waals surface area (Å²) in [7, 11) is 1.66. The Hall–Kier alpha value is -2.99. The van der Waals surface area contributed by atoms with E-state index in [9.17, 15) is 4.79 Å². The van der Waals surface area contributed by atoms with Crippen molar-refractivity contribution in [3.63, 3.8) is 0 Å². The lowest BCUT2D eigenvalue weighted by atomic mass is 9.99. The number of benzene rings is 3. The molecule has 5 rings (SSSR count). The molecule has 0 saturated heterocycles. The molecule has 4 aromatic rings. The van der Waals surface area contributed by atoms with Gasteiger partial charge in [0.15, 0.2) is 0 Å². The fraction of sp³-hybridized carbons (Fsp3) is 0.207. The van der Waals surface area contributed by atoms with Crippen molar-refractivity contribution in [3.8, 4) is 27.3 Å². The number of methoxy groups -OCH3 is 1. The van der Waals surface area contributed by atoms with Gasteiger partial charge in [-0.1, -0.05) is 77.8 Å². The normalized spacial score (nSPS) is 13.8. The van der Waals surface area contributed by atoms with Crippen molar-refractivity contribution < 1.29 is 14.3 Å². The van der Waals surface area contributed by atoms with Crippen LogP contribution in [0.15, 0.2) is 72.8 Å². The van der Waals surface area contributed by atoms with Crippen molar-refractivity contribution >= 4 is 46.3 Å². The summed E-state index contributed by atoms with van der Waals surface area (Å²) in [5.74, 6) is 1.47. The predicted octanol–water partition coefficient (Wildman–Crippen LogP) is 9.58. The first-order valence-corrected chi connectivity index (χ1v) is 13.3. The molecule has 1 N–H and O–H groups in total. The van der Waals surface area contributed by atoms with Crippen LogP contribution in [0.2, 0.25) is 9.36 Å². The summed E-state index contributed by atoms with van der Waals surface area (Å²) in [6.45, 7) is 1.78. The van der Waals surface area contributed by atoms with Crippen molar-refractivity contribution in [1.82, 2.24) is 0 Å². The molecule has 1 aliphatic carbocycles. The van der Waals surface area contributed by atoms with E-state index in [1.165, 1.54) is 29.7 Å². The van der Waals surface area contributed by atoms with Crippen LogP contribution in [0.1, 0.15) is 42.9 Å². The number of rotatable bonds is 7. The molecule has 0 spiro atoms. The van der Waals surface area contributed by atoms with E-state index >= 15 is 0 Å². The highest BCUT2D eigenvalue weighted by Gasteiger charge is 2.23. The Bertz CT molecular complexity index is 1400. The second-order valence-electron chi connectivity index (χ2n) is 8.80. The van der Waals surface area contributed by atoms with E-state index in [4.69, 9.17) is 32.7 Å². The Balaban J connectivity index is 1.36. The number of carbonyl (C=O) groups is 1. The number of amides is 1. The Morgan fingerprint density at radius 3 is 2.42 bits per heavy atom. The quantitative estimate of drug-likeness (QED) is 0.255. The lowest BCUT2D eigenvalue weighted by Crippen LogP contribution is -2.16. The van der Waals surface area contributed by atoms with Gasteiger partial charge in [-0.25, -0.2) is 4.79 Å². The van der Waals surface area contributed by atoms with Gasteiger partial charge in [-0.3, -0.25) is 5.32 Å². The average molecular weight is 538 g/mol. The molecule has 0 aliphatic heterocycles. The molecular weight excluding hydrogens is 513 g/mol. The van der Waals surface area contributed by atoms with Gasteiger partial charge in [-0.15, -0.1) is 11.3 Å². The molecule has 0 bridgehead atoms. The van der Waals surface area contributed by atoms with Gasteiger partial charge in [0.25, 0.3) is 0 Å². The third-order valence-electron chi connectivity index (χ3n) is 6.30. The first kappa shape index (κ1) is 24.7. The number of ether oxygens (including phenoxy) is 2. The predicted molar refractivity (Wildman–Crippen MR) is 149 cm³/mol. The Labute approximate surface area is 224 Å². The first-order chi connectivity index (χ1) is 17.4. The van der Waals surface area contributed by atoms with Gasteiger partial charge in [0.1, 0.15) is 11.9 Å². The number of halogens is 2. The van der Waals surface area contributed by atoms with Gasteiger partial charge in [0.05, 0.1) is 22.0 Å². The minimum atomic E-state index is -0.586. The fourth-order valence-electron chi connectivity index (χ4n) is 4.26. The van der Waals surface area contributed by atoms with Gasteiger partial charge in [-0.05, 0) is 60.6 Å². The van der Waals surface area contributed by atoms with Gasteiger partial charge in [0.2, 0.25) is 0 Å². The lowest BCUT2D eigenvalue weighted by Gasteiger charge is -2.16. The van der Waals surface area contributed by atoms with Crippen LogP contribution in [-0.2, 0) is 4.74 Å². The van der Waals surface area contributed by atoms with E-state index in [0.717, 1.165) is 38.8 Å². The minimum absolute atomic E-state index is 0.512. The van der Waals surface area contributed by atoms with E-state index in [1.54, 1.807) is 26.2 Å². The zero-order valence-electron chi connectivity index (χ0n) is 19.9. The van der Waals surface area contributed by atoms with Crippen LogP contribution in [0.4, 0.5) is 10.5 Å². The van der Waals surface area contributed by atoms with Crippen LogP contribution in [0.5, 0.6) is 5.75 Å². The smallest absolute Gasteiger partial charge is 0.412 e. The Morgan fingerprint density at radius 2 is 1.72 bits per heavy atom. The van der Waals surface area contributed by atoms with Gasteiger partial charge < -0.3 is 9.47 Å². The maximum absolute atomic E-state index is 12.7. The van der Waals surface area contributed by atoms with Crippen molar-refractivity contribution in [3.05, 3.63) is 93.3 Å². The molecule has 0 radical (unpaired) electrons. The lowest BCUT2D eigenvalue weighted by molar-refractivity contribution is 0.121. The van der Waals surface area contributed by atoms with E-state index < -0.39 is 12.2 Å². The van der Waals surface area contributed by atoms with Crippen LogP contribution in [0.25, 0.3) is 21.6 Å². The second kappa shape index (κ2) is 10.6. The van der Waals surface area contributed by atoms with E-state index in [-0.39, 0.29) is 0 Å². The summed E-state index contributed by atoms with van der Waals surface area (Å²) in [6, 6.07) is 23.7. The van der Waals surface area contributed by atoms with Crippen LogP contribution >= 0.6 is 34.5 Å². The highest BCUT2D eigenvalue weighted by atomic mass is 35.5. The molecule has 1 aliphatic rings. The number of hydrogen-bond donors (Lipinski definition) is 1. The van der Waals surface area contributed by atoms with Crippen LogP contribution in [0, 0.1) is 0 Å². The monoisotopic (exact) mass is 537 g/mol. The third kappa shape index (κ3) is 5.39. The zero-order chi connectivity index (χ0) is 25.2. The maximum Gasteiger partial charge on any atom is 0.412 e. The summed E-state index contributed by atoms with van der Waals surface area (Å²) >= 11 is 14.0. The average Bonchev–Trinajstić information content (AvgIpc) is 3.66. The second-order valence-corrected chi connectivity index (χ2v) is 10.9. The number of anilines is 1. The van der Waals surface area contributed by atoms with Gasteiger partial charge in [0, 0.05) is 16.1 Å². The molecule has 1 atom stereocenters. The molecule has 7 heteroatoms. The first-order valence-electron chi connectivity index (χ1n) is 11.7. The number of nitrogens with one attached hydrogen (secondary N) is 1. The maximum atomic E-state index is 12.7. The molecule has 184 valence electrons. The Kier molecular flexibility index (Phi) is 7.24. The van der Waals surface area contributed by atoms with E-state index in [1.807, 2.05) is 36.4 Å². The number of thiophene rings is 1. The molecule has 0 unspecified atom stereocenters. The number of hydrogen-bond acceptors (Lipinski definition) is 4. The standard InChI is InChI=1S/C29H25Cl2NO3S/c1-17(22-5-3-4-6-24(22)30)35-29(33)32-25-16-27(31)36-28(25)21-13-14-23(26(15-21)34-2)20-11-9-19(10-12-20)18-7-8-18/h3-6,9-18H,7-8H2,1-2H3,(H,32,33)/t17-/m1/s1. The molecule has 4 nitrogen and oxygen atoms in total. The van der Waals surface area contributed by atoms with Crippen LogP contribution in [0.3, 0.4) is 0 Å². The molecule has 1 fully saturated rings. The van der Waals surface area contributed by atoms with Crippen molar-refractivity contribution in [1.29, 1.82) is 0 Å². The molecule has 1 heterocycles. The fourth-order valence-corrected chi connectivity index (χ4v) is 5.73. The Morgan fingerprint density at radius 1 is 1.00 bits per heavy atom. The molecule has 1 aromatic heterocycles. The molecule has 3 aromatic carbocycles. The van der Waals surface area contributed by atoms with Crippen molar-refractivity contribution in [2.75, 3.05) is 12.4 Å². The SMILES string of the molecule is COc1cc(-c2sc(Cl)cc2NC(=O)O[C@H](C)c2ccccc2Cl)ccc1-c1ccc(C2CC2)cc1. The minimum Gasteiger partial charge on any atom is -0.496 e. The van der Waals surface area contributed by atoms with E-state index in [2.05, 4.69) is 29.6 Å². The molecular formula is C29H25Cl2NO3S. The van der Waals surface area contributed by atoms with Crippen molar-refractivity contribution in [2.45, 2.75) is 31.8 Å². The zero-order valence-corrected chi connectivity index (χ0v) is 22.2. The van der Waals surface area contributed by atoms with E-state index in [0.29, 0.717) is 15.0 Å². The molecule has 1 saturated carbocycles. The summed E-state index contributed by atoms with van der Waals surface area (Å²) in [4.78, 5) is 13.5. The topological polar surface area (TPSA) is 47.6 Å². The molecule has 1 amide bonds.